The average Bonchev–Trinajstić information content (AvgIpc) is 2.89. The fraction of sp³-hybridized carbons (Fsp3) is 0.263. The molecule has 0 N–H and O–H groups in total. The number of hydrogen-bond acceptors (Lipinski definition) is 4. The maximum absolute atomic E-state index is 13.3. The van der Waals surface area contributed by atoms with E-state index in [9.17, 15) is 4.39 Å². The Morgan fingerprint density at radius 1 is 1.22 bits per heavy atom. The van der Waals surface area contributed by atoms with Crippen molar-refractivity contribution in [2.75, 3.05) is 7.05 Å². The number of ether oxygens (including phenoxy) is 1. The molecular formula is C19H20ClFN4OS. The summed E-state index contributed by atoms with van der Waals surface area (Å²) in [6.45, 7) is 1.32. The van der Waals surface area contributed by atoms with Crippen LogP contribution in [0, 0.1) is 10.6 Å². The lowest BCUT2D eigenvalue weighted by atomic mass is 10.2. The number of aromatic nitrogens is 3. The molecule has 0 saturated carbocycles. The first-order valence-electron chi connectivity index (χ1n) is 8.37. The van der Waals surface area contributed by atoms with Gasteiger partial charge in [0, 0.05) is 13.6 Å². The van der Waals surface area contributed by atoms with Gasteiger partial charge in [0.05, 0.1) is 11.7 Å². The third-order valence-electron chi connectivity index (χ3n) is 4.04. The van der Waals surface area contributed by atoms with Crippen molar-refractivity contribution < 1.29 is 9.13 Å². The molecule has 0 bridgehead atoms. The fourth-order valence-corrected chi connectivity index (χ4v) is 3.07. The van der Waals surface area contributed by atoms with E-state index in [-0.39, 0.29) is 12.4 Å². The first kappa shape index (κ1) is 19.5. The zero-order chi connectivity index (χ0) is 19.4. The molecule has 0 unspecified atom stereocenters. The second kappa shape index (κ2) is 8.65. The smallest absolute Gasteiger partial charge is 0.198 e. The van der Waals surface area contributed by atoms with Gasteiger partial charge in [0.25, 0.3) is 0 Å². The molecule has 0 saturated heterocycles. The number of benzene rings is 2. The van der Waals surface area contributed by atoms with Gasteiger partial charge in [-0.25, -0.2) is 9.07 Å². The zero-order valence-corrected chi connectivity index (χ0v) is 16.7. The summed E-state index contributed by atoms with van der Waals surface area (Å²) in [6.07, 6.45) is 0. The Kier molecular flexibility index (Phi) is 6.26. The molecule has 0 aliphatic heterocycles. The lowest BCUT2D eigenvalue weighted by molar-refractivity contribution is 0.240. The lowest BCUT2D eigenvalue weighted by Gasteiger charge is -2.16. The number of halogens is 2. The van der Waals surface area contributed by atoms with Crippen molar-refractivity contribution >= 4 is 23.8 Å². The molecule has 27 heavy (non-hydrogen) atoms. The fourth-order valence-electron chi connectivity index (χ4n) is 2.68. The van der Waals surface area contributed by atoms with Gasteiger partial charge >= 0.3 is 0 Å². The van der Waals surface area contributed by atoms with E-state index in [2.05, 4.69) is 5.10 Å². The van der Waals surface area contributed by atoms with Crippen molar-refractivity contribution in [3.63, 3.8) is 0 Å². The normalized spacial score (nSPS) is 11.1. The highest BCUT2D eigenvalue weighted by Crippen LogP contribution is 2.23. The van der Waals surface area contributed by atoms with E-state index in [1.807, 2.05) is 41.8 Å². The summed E-state index contributed by atoms with van der Waals surface area (Å²) >= 11 is 11.6. The largest absolute Gasteiger partial charge is 0.484 e. The van der Waals surface area contributed by atoms with E-state index in [4.69, 9.17) is 28.6 Å². The molecule has 3 aromatic rings. The Balaban J connectivity index is 1.67. The lowest BCUT2D eigenvalue weighted by Crippen LogP contribution is -2.22. The number of rotatable bonds is 7. The van der Waals surface area contributed by atoms with Gasteiger partial charge in [0.15, 0.2) is 10.6 Å². The van der Waals surface area contributed by atoms with Gasteiger partial charge in [-0.15, -0.1) is 0 Å². The standard InChI is InChI=1S/C19H20ClFN4OS/c1-23(11-14-6-5-7-15(21)10-14)13-25-19(27)24(2)18(22-25)12-26-17-9-4-3-8-16(17)20/h3-10H,11-13H2,1-2H3. The summed E-state index contributed by atoms with van der Waals surface area (Å²) in [6, 6.07) is 13.8. The Morgan fingerprint density at radius 2 is 2.00 bits per heavy atom. The van der Waals surface area contributed by atoms with Crippen LogP contribution >= 0.6 is 23.8 Å². The molecule has 2 aromatic carbocycles. The molecule has 5 nitrogen and oxygen atoms in total. The molecule has 8 heteroatoms. The van der Waals surface area contributed by atoms with Crippen LogP contribution in [0.15, 0.2) is 48.5 Å². The molecule has 1 heterocycles. The first-order valence-corrected chi connectivity index (χ1v) is 9.15. The number of nitrogens with zero attached hydrogens (tertiary/aromatic N) is 4. The SMILES string of the molecule is CN(Cc1cccc(F)c1)Cn1nc(COc2ccccc2Cl)n(C)c1=S. The highest BCUT2D eigenvalue weighted by atomic mass is 35.5. The molecule has 142 valence electrons. The second-order valence-corrected chi connectivity index (χ2v) is 7.03. The molecule has 0 radical (unpaired) electrons. The Hall–Kier alpha value is -2.22. The van der Waals surface area contributed by atoms with Crippen LogP contribution in [0.25, 0.3) is 0 Å². The minimum atomic E-state index is -0.241. The maximum atomic E-state index is 13.3. The van der Waals surface area contributed by atoms with Crippen LogP contribution in [0.4, 0.5) is 4.39 Å². The number of hydrogen-bond donors (Lipinski definition) is 0. The molecule has 0 fully saturated rings. The average molecular weight is 407 g/mol. The van der Waals surface area contributed by atoms with Crippen LogP contribution in [-0.4, -0.2) is 26.3 Å². The number of para-hydroxylation sites is 1. The van der Waals surface area contributed by atoms with E-state index >= 15 is 0 Å². The third-order valence-corrected chi connectivity index (χ3v) is 4.84. The highest BCUT2D eigenvalue weighted by molar-refractivity contribution is 7.71. The summed E-state index contributed by atoms with van der Waals surface area (Å²) in [5.41, 5.74) is 0.891. The van der Waals surface area contributed by atoms with Gasteiger partial charge in [-0.05, 0) is 49.1 Å². The molecule has 0 spiro atoms. The topological polar surface area (TPSA) is 35.2 Å². The molecule has 3 rings (SSSR count). The predicted octanol–water partition coefficient (Wildman–Crippen LogP) is 4.41. The van der Waals surface area contributed by atoms with Gasteiger partial charge in [0.1, 0.15) is 18.2 Å². The minimum absolute atomic E-state index is 0.241. The predicted molar refractivity (Wildman–Crippen MR) is 106 cm³/mol. The van der Waals surface area contributed by atoms with Gasteiger partial charge in [0.2, 0.25) is 0 Å². The van der Waals surface area contributed by atoms with Crippen LogP contribution < -0.4 is 4.74 Å². The Labute approximate surface area is 167 Å². The molecule has 0 atom stereocenters. The van der Waals surface area contributed by atoms with E-state index in [1.165, 1.54) is 12.1 Å². The zero-order valence-electron chi connectivity index (χ0n) is 15.1. The van der Waals surface area contributed by atoms with Crippen LogP contribution in [-0.2, 0) is 26.9 Å². The summed E-state index contributed by atoms with van der Waals surface area (Å²) in [5.74, 6) is 1.05. The van der Waals surface area contributed by atoms with Gasteiger partial charge in [-0.3, -0.25) is 4.90 Å². The van der Waals surface area contributed by atoms with Crippen LogP contribution in [0.3, 0.4) is 0 Å². The van der Waals surface area contributed by atoms with E-state index in [1.54, 1.807) is 22.9 Å². The molecular weight excluding hydrogens is 387 g/mol. The van der Waals surface area contributed by atoms with Crippen molar-refractivity contribution in [1.82, 2.24) is 19.2 Å². The summed E-state index contributed by atoms with van der Waals surface area (Å²) in [5, 5.41) is 5.09. The molecule has 0 aliphatic rings. The third kappa shape index (κ3) is 4.94. The van der Waals surface area contributed by atoms with E-state index < -0.39 is 0 Å². The molecule has 1 aromatic heterocycles. The summed E-state index contributed by atoms with van der Waals surface area (Å²) in [7, 11) is 3.78. The Bertz CT molecular complexity index is 988. The Morgan fingerprint density at radius 3 is 2.74 bits per heavy atom. The molecule has 0 amide bonds. The van der Waals surface area contributed by atoms with Crippen LogP contribution in [0.5, 0.6) is 5.75 Å². The molecule has 0 aliphatic carbocycles. The quantitative estimate of drug-likeness (QED) is 0.544. The second-order valence-electron chi connectivity index (χ2n) is 6.26. The van der Waals surface area contributed by atoms with Gasteiger partial charge in [-0.1, -0.05) is 35.9 Å². The van der Waals surface area contributed by atoms with Crippen molar-refractivity contribution in [3.05, 3.63) is 75.5 Å². The van der Waals surface area contributed by atoms with Crippen molar-refractivity contribution in [1.29, 1.82) is 0 Å². The van der Waals surface area contributed by atoms with E-state index in [0.29, 0.717) is 34.6 Å². The minimum Gasteiger partial charge on any atom is -0.484 e. The first-order chi connectivity index (χ1) is 12.9. The van der Waals surface area contributed by atoms with Crippen molar-refractivity contribution in [2.24, 2.45) is 7.05 Å². The van der Waals surface area contributed by atoms with Crippen LogP contribution in [0.2, 0.25) is 5.02 Å². The van der Waals surface area contributed by atoms with E-state index in [0.717, 1.165) is 5.56 Å². The highest BCUT2D eigenvalue weighted by Gasteiger charge is 2.11. The van der Waals surface area contributed by atoms with Gasteiger partial charge < -0.3 is 9.30 Å². The summed E-state index contributed by atoms with van der Waals surface area (Å²) in [4.78, 5) is 2.01. The maximum Gasteiger partial charge on any atom is 0.198 e. The van der Waals surface area contributed by atoms with Crippen LogP contribution in [0.1, 0.15) is 11.4 Å². The van der Waals surface area contributed by atoms with Crippen molar-refractivity contribution in [3.8, 4) is 5.75 Å². The van der Waals surface area contributed by atoms with Gasteiger partial charge in [-0.2, -0.15) is 5.10 Å². The monoisotopic (exact) mass is 406 g/mol. The summed E-state index contributed by atoms with van der Waals surface area (Å²) < 4.78 is 23.2. The van der Waals surface area contributed by atoms with Crippen molar-refractivity contribution in [2.45, 2.75) is 19.8 Å².